The number of rotatable bonds is 8. The Kier molecular flexibility index (Phi) is 6.87. The summed E-state index contributed by atoms with van der Waals surface area (Å²) >= 11 is 1.27. The van der Waals surface area contributed by atoms with Gasteiger partial charge in [0.25, 0.3) is 11.6 Å². The molecule has 3 aromatic rings. The summed E-state index contributed by atoms with van der Waals surface area (Å²) in [6, 6.07) is 13.9. The van der Waals surface area contributed by atoms with Gasteiger partial charge >= 0.3 is 5.97 Å². The molecule has 0 aliphatic rings. The number of carbonyl (C=O) groups excluding carboxylic acids is 2. The smallest absolute Gasteiger partial charge is 0.311 e. The van der Waals surface area contributed by atoms with Gasteiger partial charge in [0.1, 0.15) is 0 Å². The van der Waals surface area contributed by atoms with Crippen molar-refractivity contribution in [3.8, 4) is 11.3 Å². The lowest BCUT2D eigenvalue weighted by Gasteiger charge is -2.05. The third kappa shape index (κ3) is 5.48. The number of nitrogens with one attached hydrogen (secondary N) is 1. The Morgan fingerprint density at radius 2 is 1.90 bits per heavy atom. The molecule has 0 aliphatic heterocycles. The third-order valence-corrected chi connectivity index (χ3v) is 5.05. The van der Waals surface area contributed by atoms with Gasteiger partial charge in [-0.3, -0.25) is 25.0 Å². The number of benzene rings is 2. The molecule has 0 spiro atoms. The van der Waals surface area contributed by atoms with Crippen LogP contribution in [-0.2, 0) is 27.2 Å². The quantitative estimate of drug-likeness (QED) is 0.332. The van der Waals surface area contributed by atoms with Crippen LogP contribution in [0.25, 0.3) is 11.3 Å². The van der Waals surface area contributed by atoms with Crippen molar-refractivity contribution in [1.82, 2.24) is 4.98 Å². The molecule has 0 bridgehead atoms. The number of aryl methyl sites for hydroxylation is 1. The largest absolute Gasteiger partial charge is 0.455 e. The van der Waals surface area contributed by atoms with E-state index in [1.165, 1.54) is 35.1 Å². The predicted molar refractivity (Wildman–Crippen MR) is 113 cm³/mol. The fraction of sp³-hybridized carbons (Fsp3) is 0.190. The van der Waals surface area contributed by atoms with Crippen molar-refractivity contribution in [3.63, 3.8) is 0 Å². The highest BCUT2D eigenvalue weighted by atomic mass is 32.1. The fourth-order valence-corrected chi connectivity index (χ4v) is 3.46. The zero-order chi connectivity index (χ0) is 21.5. The summed E-state index contributed by atoms with van der Waals surface area (Å²) in [6.07, 6.45) is 0.661. The third-order valence-electron chi connectivity index (χ3n) is 4.30. The van der Waals surface area contributed by atoms with Gasteiger partial charge < -0.3 is 4.74 Å². The number of carbonyl (C=O) groups is 2. The second-order valence-electron chi connectivity index (χ2n) is 6.36. The minimum absolute atomic E-state index is 0.166. The van der Waals surface area contributed by atoms with Crippen LogP contribution < -0.4 is 5.32 Å². The van der Waals surface area contributed by atoms with E-state index < -0.39 is 23.4 Å². The highest BCUT2D eigenvalue weighted by Gasteiger charge is 2.17. The molecule has 154 valence electrons. The monoisotopic (exact) mass is 425 g/mol. The van der Waals surface area contributed by atoms with Gasteiger partial charge in [-0.15, -0.1) is 11.3 Å². The van der Waals surface area contributed by atoms with Crippen molar-refractivity contribution in [2.24, 2.45) is 0 Å². The normalized spacial score (nSPS) is 10.4. The molecule has 0 saturated heterocycles. The number of nitro benzene ring substituents is 1. The Morgan fingerprint density at radius 3 is 2.60 bits per heavy atom. The Balaban J connectivity index is 1.52. The number of aromatic nitrogens is 1. The van der Waals surface area contributed by atoms with Gasteiger partial charge in [-0.25, -0.2) is 4.98 Å². The number of esters is 1. The molecule has 1 amide bonds. The lowest BCUT2D eigenvalue weighted by atomic mass is 10.1. The maximum absolute atomic E-state index is 12.0. The van der Waals surface area contributed by atoms with Gasteiger partial charge in [0.05, 0.1) is 17.0 Å². The predicted octanol–water partition coefficient (Wildman–Crippen LogP) is 4.01. The molecule has 0 radical (unpaired) electrons. The second-order valence-corrected chi connectivity index (χ2v) is 7.22. The SMILES string of the molecule is CCc1ccc(-c2csc(NC(=O)COC(=O)Cc3ccccc3[N+](=O)[O-])n2)cc1. The molecule has 0 fully saturated rings. The molecule has 1 N–H and O–H groups in total. The summed E-state index contributed by atoms with van der Waals surface area (Å²) in [6.45, 7) is 1.58. The Bertz CT molecular complexity index is 1060. The molecule has 30 heavy (non-hydrogen) atoms. The van der Waals surface area contributed by atoms with E-state index in [9.17, 15) is 19.7 Å². The molecule has 0 unspecified atom stereocenters. The van der Waals surface area contributed by atoms with Crippen LogP contribution in [0.5, 0.6) is 0 Å². The summed E-state index contributed by atoms with van der Waals surface area (Å²) in [5.74, 6) is -1.26. The van der Waals surface area contributed by atoms with E-state index in [0.29, 0.717) is 5.13 Å². The van der Waals surface area contributed by atoms with Crippen LogP contribution >= 0.6 is 11.3 Å². The van der Waals surface area contributed by atoms with Crippen LogP contribution in [0.1, 0.15) is 18.1 Å². The lowest BCUT2D eigenvalue weighted by molar-refractivity contribution is -0.385. The molecule has 0 saturated carbocycles. The van der Waals surface area contributed by atoms with E-state index in [2.05, 4.69) is 17.2 Å². The van der Waals surface area contributed by atoms with Gasteiger partial charge in [-0.05, 0) is 12.0 Å². The number of anilines is 1. The lowest BCUT2D eigenvalue weighted by Crippen LogP contribution is -2.21. The van der Waals surface area contributed by atoms with E-state index in [-0.39, 0.29) is 17.7 Å². The number of nitro groups is 1. The zero-order valence-electron chi connectivity index (χ0n) is 16.2. The topological polar surface area (TPSA) is 111 Å². The fourth-order valence-electron chi connectivity index (χ4n) is 2.72. The number of thiazole rings is 1. The van der Waals surface area contributed by atoms with Crippen molar-refractivity contribution in [2.45, 2.75) is 19.8 Å². The number of nitrogens with zero attached hydrogens (tertiary/aromatic N) is 2. The van der Waals surface area contributed by atoms with E-state index in [4.69, 9.17) is 4.74 Å². The molecule has 0 aliphatic carbocycles. The molecule has 1 heterocycles. The molecular weight excluding hydrogens is 406 g/mol. The minimum atomic E-state index is -0.727. The Hall–Kier alpha value is -3.59. The number of amides is 1. The van der Waals surface area contributed by atoms with Crippen molar-refractivity contribution < 1.29 is 19.2 Å². The van der Waals surface area contributed by atoms with Gasteiger partial charge in [-0.1, -0.05) is 49.4 Å². The first-order valence-corrected chi connectivity index (χ1v) is 10.1. The average Bonchev–Trinajstić information content (AvgIpc) is 3.21. The minimum Gasteiger partial charge on any atom is -0.455 e. The highest BCUT2D eigenvalue weighted by molar-refractivity contribution is 7.14. The van der Waals surface area contributed by atoms with Crippen LogP contribution in [-0.4, -0.2) is 28.4 Å². The van der Waals surface area contributed by atoms with Gasteiger partial charge in [0.15, 0.2) is 11.7 Å². The van der Waals surface area contributed by atoms with Crippen LogP contribution in [0.2, 0.25) is 0 Å². The molecule has 9 heteroatoms. The molecule has 2 aromatic carbocycles. The van der Waals surface area contributed by atoms with E-state index in [1.54, 1.807) is 6.07 Å². The Labute approximate surface area is 176 Å². The van der Waals surface area contributed by atoms with Gasteiger partial charge in [0.2, 0.25) is 0 Å². The van der Waals surface area contributed by atoms with Crippen molar-refractivity contribution >= 4 is 34.0 Å². The summed E-state index contributed by atoms with van der Waals surface area (Å²) in [7, 11) is 0. The molecule has 1 aromatic heterocycles. The summed E-state index contributed by atoms with van der Waals surface area (Å²) in [4.78, 5) is 38.8. The number of hydrogen-bond donors (Lipinski definition) is 1. The molecule has 3 rings (SSSR count). The van der Waals surface area contributed by atoms with Gasteiger partial charge in [0, 0.05) is 22.6 Å². The first kappa shape index (κ1) is 21.1. The summed E-state index contributed by atoms with van der Waals surface area (Å²) < 4.78 is 4.93. The standard InChI is InChI=1S/C21H19N3O5S/c1-2-14-7-9-15(10-8-14)17-13-30-21(22-17)23-19(25)12-29-20(26)11-16-5-3-4-6-18(16)24(27)28/h3-10,13H,2,11-12H2,1H3,(H,22,23,25). The first-order valence-electron chi connectivity index (χ1n) is 9.19. The van der Waals surface area contributed by atoms with Crippen LogP contribution in [0.4, 0.5) is 10.8 Å². The Morgan fingerprint density at radius 1 is 1.17 bits per heavy atom. The maximum Gasteiger partial charge on any atom is 0.311 e. The van der Waals surface area contributed by atoms with Crippen LogP contribution in [0, 0.1) is 10.1 Å². The van der Waals surface area contributed by atoms with Crippen molar-refractivity contribution in [3.05, 3.63) is 75.2 Å². The number of para-hydroxylation sites is 1. The molecule has 8 nitrogen and oxygen atoms in total. The summed E-state index contributed by atoms with van der Waals surface area (Å²) in [5.41, 5.74) is 2.98. The number of hydrogen-bond acceptors (Lipinski definition) is 7. The van der Waals surface area contributed by atoms with Gasteiger partial charge in [-0.2, -0.15) is 0 Å². The first-order chi connectivity index (χ1) is 14.5. The zero-order valence-corrected chi connectivity index (χ0v) is 17.0. The molecule has 0 atom stereocenters. The molecular formula is C21H19N3O5S. The van der Waals surface area contributed by atoms with E-state index >= 15 is 0 Å². The van der Waals surface area contributed by atoms with E-state index in [0.717, 1.165) is 17.7 Å². The van der Waals surface area contributed by atoms with Crippen LogP contribution in [0.15, 0.2) is 53.9 Å². The number of ether oxygens (including phenoxy) is 1. The highest BCUT2D eigenvalue weighted by Crippen LogP contribution is 2.25. The average molecular weight is 425 g/mol. The van der Waals surface area contributed by atoms with E-state index in [1.807, 2.05) is 29.6 Å². The second kappa shape index (κ2) is 9.75. The summed E-state index contributed by atoms with van der Waals surface area (Å²) in [5, 5.41) is 15.8. The van der Waals surface area contributed by atoms with Crippen molar-refractivity contribution in [2.75, 3.05) is 11.9 Å². The van der Waals surface area contributed by atoms with Crippen molar-refractivity contribution in [1.29, 1.82) is 0 Å². The maximum atomic E-state index is 12.0. The van der Waals surface area contributed by atoms with Crippen LogP contribution in [0.3, 0.4) is 0 Å².